The first-order valence-electron chi connectivity index (χ1n) is 8.97. The van der Waals surface area contributed by atoms with Crippen LogP contribution in [0.25, 0.3) is 0 Å². The highest BCUT2D eigenvalue weighted by molar-refractivity contribution is 5.85. The number of piperidine rings is 1. The van der Waals surface area contributed by atoms with Crippen molar-refractivity contribution in [1.82, 2.24) is 15.5 Å². The van der Waals surface area contributed by atoms with Crippen LogP contribution in [-0.2, 0) is 11.3 Å². The molecule has 1 aromatic rings. The van der Waals surface area contributed by atoms with E-state index in [1.807, 2.05) is 0 Å². The Morgan fingerprint density at radius 1 is 1.20 bits per heavy atom. The molecule has 2 saturated heterocycles. The van der Waals surface area contributed by atoms with Crippen molar-refractivity contribution < 1.29 is 4.79 Å². The Balaban J connectivity index is 0.00000156. The molecule has 0 aromatic heterocycles. The SMILES string of the molecule is CC(C(=O)NCC1CCN(Cc2ccccc2)CC1)C1CNC1.Cl.Cl. The molecule has 0 radical (unpaired) electrons. The Bertz CT molecular complexity index is 503. The van der Waals surface area contributed by atoms with Gasteiger partial charge in [0.25, 0.3) is 0 Å². The number of benzene rings is 1. The lowest BCUT2D eigenvalue weighted by atomic mass is 9.88. The molecule has 1 atom stereocenters. The molecular formula is C19H31Cl2N3O. The van der Waals surface area contributed by atoms with Crippen molar-refractivity contribution in [3.05, 3.63) is 35.9 Å². The standard InChI is InChI=1S/C19H29N3O.2ClH/c1-15(18-12-20-13-18)19(23)21-11-16-7-9-22(10-8-16)14-17-5-3-2-4-6-17;;/h2-6,15-16,18,20H,7-14H2,1H3,(H,21,23);2*1H. The number of nitrogens with zero attached hydrogens (tertiary/aromatic N) is 1. The van der Waals surface area contributed by atoms with E-state index in [1.54, 1.807) is 0 Å². The number of likely N-dealkylation sites (tertiary alicyclic amines) is 1. The van der Waals surface area contributed by atoms with E-state index in [1.165, 1.54) is 18.4 Å². The Morgan fingerprint density at radius 2 is 1.84 bits per heavy atom. The van der Waals surface area contributed by atoms with Crippen LogP contribution >= 0.6 is 24.8 Å². The molecule has 4 nitrogen and oxygen atoms in total. The minimum absolute atomic E-state index is 0. The summed E-state index contributed by atoms with van der Waals surface area (Å²) in [6, 6.07) is 10.7. The van der Waals surface area contributed by atoms with Gasteiger partial charge in [0, 0.05) is 19.0 Å². The van der Waals surface area contributed by atoms with E-state index in [0.29, 0.717) is 11.8 Å². The van der Waals surface area contributed by atoms with Gasteiger partial charge in [-0.05, 0) is 56.4 Å². The van der Waals surface area contributed by atoms with Gasteiger partial charge in [-0.15, -0.1) is 24.8 Å². The van der Waals surface area contributed by atoms with Crippen molar-refractivity contribution in [2.45, 2.75) is 26.3 Å². The van der Waals surface area contributed by atoms with Gasteiger partial charge in [0.1, 0.15) is 0 Å². The van der Waals surface area contributed by atoms with Crippen molar-refractivity contribution in [2.75, 3.05) is 32.7 Å². The van der Waals surface area contributed by atoms with E-state index in [4.69, 9.17) is 0 Å². The van der Waals surface area contributed by atoms with Gasteiger partial charge in [0.2, 0.25) is 5.91 Å². The van der Waals surface area contributed by atoms with Crippen LogP contribution in [0.2, 0.25) is 0 Å². The number of carbonyl (C=O) groups excluding carboxylic acids is 1. The van der Waals surface area contributed by atoms with Crippen LogP contribution in [0, 0.1) is 17.8 Å². The Morgan fingerprint density at radius 3 is 2.40 bits per heavy atom. The zero-order valence-corrected chi connectivity index (χ0v) is 16.6. The van der Waals surface area contributed by atoms with E-state index >= 15 is 0 Å². The van der Waals surface area contributed by atoms with Gasteiger partial charge in [-0.1, -0.05) is 37.3 Å². The predicted octanol–water partition coefficient (Wildman–Crippen LogP) is 2.71. The zero-order chi connectivity index (χ0) is 16.1. The summed E-state index contributed by atoms with van der Waals surface area (Å²) < 4.78 is 0. The molecule has 142 valence electrons. The average Bonchev–Trinajstić information content (AvgIpc) is 2.53. The molecule has 0 bridgehead atoms. The number of carbonyl (C=O) groups is 1. The number of hydrogen-bond acceptors (Lipinski definition) is 3. The molecule has 3 rings (SSSR count). The summed E-state index contributed by atoms with van der Waals surface area (Å²) >= 11 is 0. The minimum Gasteiger partial charge on any atom is -0.356 e. The fraction of sp³-hybridized carbons (Fsp3) is 0.632. The van der Waals surface area contributed by atoms with Gasteiger partial charge in [0.15, 0.2) is 0 Å². The summed E-state index contributed by atoms with van der Waals surface area (Å²) in [6.45, 7) is 8.21. The number of nitrogens with one attached hydrogen (secondary N) is 2. The van der Waals surface area contributed by atoms with Crippen LogP contribution in [0.1, 0.15) is 25.3 Å². The molecule has 1 aromatic carbocycles. The molecule has 2 heterocycles. The van der Waals surface area contributed by atoms with Crippen molar-refractivity contribution in [3.8, 4) is 0 Å². The maximum atomic E-state index is 12.2. The fourth-order valence-electron chi connectivity index (χ4n) is 3.47. The molecule has 0 aliphatic carbocycles. The second kappa shape index (κ2) is 11.0. The highest BCUT2D eigenvalue weighted by atomic mass is 35.5. The first-order valence-corrected chi connectivity index (χ1v) is 8.97. The van der Waals surface area contributed by atoms with Gasteiger partial charge in [-0.25, -0.2) is 0 Å². The lowest BCUT2D eigenvalue weighted by molar-refractivity contribution is -0.126. The average molecular weight is 388 g/mol. The van der Waals surface area contributed by atoms with Crippen LogP contribution in [-0.4, -0.2) is 43.5 Å². The summed E-state index contributed by atoms with van der Waals surface area (Å²) in [4.78, 5) is 14.7. The zero-order valence-electron chi connectivity index (χ0n) is 14.9. The van der Waals surface area contributed by atoms with Crippen LogP contribution in [0.3, 0.4) is 0 Å². The third-order valence-corrected chi connectivity index (χ3v) is 5.45. The number of halogens is 2. The molecule has 1 unspecified atom stereocenters. The van der Waals surface area contributed by atoms with Crippen molar-refractivity contribution in [1.29, 1.82) is 0 Å². The highest BCUT2D eigenvalue weighted by Gasteiger charge is 2.29. The van der Waals surface area contributed by atoms with E-state index in [2.05, 4.69) is 52.8 Å². The molecule has 2 aliphatic rings. The maximum Gasteiger partial charge on any atom is 0.223 e. The molecule has 25 heavy (non-hydrogen) atoms. The van der Waals surface area contributed by atoms with Crippen molar-refractivity contribution >= 4 is 30.7 Å². The van der Waals surface area contributed by atoms with Crippen molar-refractivity contribution in [3.63, 3.8) is 0 Å². The molecule has 6 heteroatoms. The topological polar surface area (TPSA) is 44.4 Å². The maximum absolute atomic E-state index is 12.2. The molecule has 2 aliphatic heterocycles. The third kappa shape index (κ3) is 6.45. The van der Waals surface area contributed by atoms with Crippen LogP contribution in [0.15, 0.2) is 30.3 Å². The lowest BCUT2D eigenvalue weighted by Crippen LogP contribution is -2.50. The first kappa shape index (κ1) is 22.2. The lowest BCUT2D eigenvalue weighted by Gasteiger charge is -2.34. The molecule has 2 N–H and O–H groups in total. The van der Waals surface area contributed by atoms with E-state index < -0.39 is 0 Å². The number of hydrogen-bond donors (Lipinski definition) is 2. The van der Waals surface area contributed by atoms with Gasteiger partial charge in [0.05, 0.1) is 0 Å². The Hall–Kier alpha value is -0.810. The molecule has 0 spiro atoms. The second-order valence-electron chi connectivity index (χ2n) is 7.16. The summed E-state index contributed by atoms with van der Waals surface area (Å²) in [5, 5.41) is 6.42. The highest BCUT2D eigenvalue weighted by Crippen LogP contribution is 2.19. The quantitative estimate of drug-likeness (QED) is 0.788. The molecule has 1 amide bonds. The number of amides is 1. The largest absolute Gasteiger partial charge is 0.356 e. The predicted molar refractivity (Wildman–Crippen MR) is 107 cm³/mol. The normalized spacial score (nSPS) is 19.9. The fourth-order valence-corrected chi connectivity index (χ4v) is 3.47. The van der Waals surface area contributed by atoms with Crippen molar-refractivity contribution in [2.24, 2.45) is 17.8 Å². The summed E-state index contributed by atoms with van der Waals surface area (Å²) in [5.41, 5.74) is 1.39. The summed E-state index contributed by atoms with van der Waals surface area (Å²) in [5.74, 6) is 1.55. The van der Waals surface area contributed by atoms with Gasteiger partial charge >= 0.3 is 0 Å². The monoisotopic (exact) mass is 387 g/mol. The van der Waals surface area contributed by atoms with E-state index in [-0.39, 0.29) is 36.6 Å². The Kier molecular flexibility index (Phi) is 9.80. The molecular weight excluding hydrogens is 357 g/mol. The van der Waals surface area contributed by atoms with Gasteiger partial charge in [-0.3, -0.25) is 9.69 Å². The third-order valence-electron chi connectivity index (χ3n) is 5.45. The van der Waals surface area contributed by atoms with Crippen LogP contribution in [0.5, 0.6) is 0 Å². The number of rotatable bonds is 6. The first-order chi connectivity index (χ1) is 11.2. The van der Waals surface area contributed by atoms with Crippen LogP contribution < -0.4 is 10.6 Å². The molecule has 0 saturated carbocycles. The summed E-state index contributed by atoms with van der Waals surface area (Å²) in [6.07, 6.45) is 2.37. The van der Waals surface area contributed by atoms with Gasteiger partial charge < -0.3 is 10.6 Å². The van der Waals surface area contributed by atoms with Crippen LogP contribution in [0.4, 0.5) is 0 Å². The second-order valence-corrected chi connectivity index (χ2v) is 7.16. The molecule has 2 fully saturated rings. The van der Waals surface area contributed by atoms with E-state index in [0.717, 1.165) is 39.3 Å². The minimum atomic E-state index is 0. The smallest absolute Gasteiger partial charge is 0.223 e. The van der Waals surface area contributed by atoms with E-state index in [9.17, 15) is 4.79 Å². The Labute approximate surface area is 163 Å². The summed E-state index contributed by atoms with van der Waals surface area (Å²) in [7, 11) is 0. The van der Waals surface area contributed by atoms with Gasteiger partial charge in [-0.2, -0.15) is 0 Å².